The van der Waals surface area contributed by atoms with Crippen LogP contribution in [0, 0.1) is 0 Å². The van der Waals surface area contributed by atoms with E-state index in [1.54, 1.807) is 6.07 Å². The van der Waals surface area contributed by atoms with E-state index in [1.807, 2.05) is 42.5 Å². The fraction of sp³-hybridized carbons (Fsp3) is 0.211. The first-order valence-electron chi connectivity index (χ1n) is 8.42. The van der Waals surface area contributed by atoms with E-state index in [0.29, 0.717) is 11.9 Å². The summed E-state index contributed by atoms with van der Waals surface area (Å²) in [5, 5.41) is 4.00. The minimum Gasteiger partial charge on any atom is -0.341 e. The van der Waals surface area contributed by atoms with Crippen molar-refractivity contribution in [3.63, 3.8) is 0 Å². The van der Waals surface area contributed by atoms with E-state index in [4.69, 9.17) is 0 Å². The van der Waals surface area contributed by atoms with Gasteiger partial charge in [0.25, 0.3) is 5.56 Å². The molecular formula is C19H19N5O. The lowest BCUT2D eigenvalue weighted by Crippen LogP contribution is -2.18. The van der Waals surface area contributed by atoms with Crippen LogP contribution in [0.5, 0.6) is 0 Å². The highest BCUT2D eigenvalue weighted by Crippen LogP contribution is 2.10. The summed E-state index contributed by atoms with van der Waals surface area (Å²) in [6.45, 7) is 1.52. The van der Waals surface area contributed by atoms with Crippen molar-refractivity contribution in [3.05, 3.63) is 70.5 Å². The lowest BCUT2D eigenvalue weighted by atomic mass is 10.2. The van der Waals surface area contributed by atoms with Gasteiger partial charge in [-0.1, -0.05) is 24.3 Å². The van der Waals surface area contributed by atoms with E-state index in [9.17, 15) is 4.79 Å². The normalized spacial score (nSPS) is 11.4. The Bertz CT molecular complexity index is 1030. The predicted molar refractivity (Wildman–Crippen MR) is 98.5 cm³/mol. The van der Waals surface area contributed by atoms with Crippen LogP contribution in [0.2, 0.25) is 0 Å². The highest BCUT2D eigenvalue weighted by molar-refractivity contribution is 5.77. The molecule has 3 N–H and O–H groups in total. The monoisotopic (exact) mass is 333 g/mol. The summed E-state index contributed by atoms with van der Waals surface area (Å²) in [6, 6.07) is 15.4. The highest BCUT2D eigenvalue weighted by Gasteiger charge is 2.04. The topological polar surface area (TPSA) is 86.5 Å². The van der Waals surface area contributed by atoms with Gasteiger partial charge in [-0.25, -0.2) is 9.97 Å². The van der Waals surface area contributed by atoms with Crippen LogP contribution in [-0.4, -0.2) is 26.5 Å². The summed E-state index contributed by atoms with van der Waals surface area (Å²) in [7, 11) is 0. The van der Waals surface area contributed by atoms with Crippen LogP contribution in [0.1, 0.15) is 18.1 Å². The molecule has 0 aliphatic carbocycles. The van der Waals surface area contributed by atoms with E-state index in [-0.39, 0.29) is 5.56 Å². The lowest BCUT2D eigenvalue weighted by molar-refractivity contribution is 0.625. The third-order valence-electron chi connectivity index (χ3n) is 4.16. The number of para-hydroxylation sites is 3. The maximum Gasteiger partial charge on any atom is 0.258 e. The Hall–Kier alpha value is -2.99. The highest BCUT2D eigenvalue weighted by atomic mass is 16.1. The van der Waals surface area contributed by atoms with Crippen molar-refractivity contribution in [2.45, 2.75) is 19.4 Å². The molecular weight excluding hydrogens is 314 g/mol. The van der Waals surface area contributed by atoms with Gasteiger partial charge in [0, 0.05) is 6.42 Å². The number of nitrogens with one attached hydrogen (secondary N) is 3. The second kappa shape index (κ2) is 6.86. The first-order chi connectivity index (χ1) is 12.3. The van der Waals surface area contributed by atoms with Gasteiger partial charge in [0.15, 0.2) is 0 Å². The summed E-state index contributed by atoms with van der Waals surface area (Å²) < 4.78 is 0. The molecule has 2 aromatic heterocycles. The molecule has 4 aromatic rings. The number of nitrogens with zero attached hydrogens (tertiary/aromatic N) is 2. The average molecular weight is 333 g/mol. The van der Waals surface area contributed by atoms with Gasteiger partial charge in [0.05, 0.1) is 28.5 Å². The summed E-state index contributed by atoms with van der Waals surface area (Å²) in [5.41, 5.74) is 2.71. The van der Waals surface area contributed by atoms with Crippen molar-refractivity contribution in [1.29, 1.82) is 0 Å². The van der Waals surface area contributed by atoms with Gasteiger partial charge in [-0.3, -0.25) is 4.79 Å². The maximum atomic E-state index is 12.0. The van der Waals surface area contributed by atoms with E-state index >= 15 is 0 Å². The number of imidazole rings is 1. The standard InChI is InChI=1S/C19H19N5O/c25-19-13-6-1-2-7-14(13)21-17(24-19)10-5-11-20-12-18-22-15-8-3-4-9-16(15)23-18/h1-4,6-9,20H,5,10-12H2,(H,22,23)(H,21,24,25). The number of aromatic amines is 2. The Morgan fingerprint density at radius 3 is 2.52 bits per heavy atom. The zero-order valence-corrected chi connectivity index (χ0v) is 13.7. The molecule has 6 nitrogen and oxygen atoms in total. The lowest BCUT2D eigenvalue weighted by Gasteiger charge is -2.04. The summed E-state index contributed by atoms with van der Waals surface area (Å²) in [4.78, 5) is 27.3. The second-order valence-corrected chi connectivity index (χ2v) is 6.01. The zero-order chi connectivity index (χ0) is 17.1. The van der Waals surface area contributed by atoms with E-state index in [1.165, 1.54) is 0 Å². The Kier molecular flexibility index (Phi) is 4.26. The number of benzene rings is 2. The van der Waals surface area contributed by atoms with Gasteiger partial charge in [-0.15, -0.1) is 0 Å². The predicted octanol–water partition coefficient (Wildman–Crippen LogP) is 2.52. The number of aromatic nitrogens is 4. The van der Waals surface area contributed by atoms with Crippen LogP contribution in [0.15, 0.2) is 53.3 Å². The summed E-state index contributed by atoms with van der Waals surface area (Å²) in [6.07, 6.45) is 1.62. The van der Waals surface area contributed by atoms with Crippen molar-refractivity contribution in [2.75, 3.05) is 6.54 Å². The molecule has 0 atom stereocenters. The number of hydrogen-bond donors (Lipinski definition) is 3. The SMILES string of the molecule is O=c1[nH]c(CCCNCc2nc3ccccc3[nH]2)nc2ccccc12. The Morgan fingerprint density at radius 1 is 0.880 bits per heavy atom. The number of rotatable bonds is 6. The minimum atomic E-state index is -0.0733. The summed E-state index contributed by atoms with van der Waals surface area (Å²) >= 11 is 0. The largest absolute Gasteiger partial charge is 0.341 e. The molecule has 0 radical (unpaired) electrons. The van der Waals surface area contributed by atoms with Crippen molar-refractivity contribution in [1.82, 2.24) is 25.3 Å². The van der Waals surface area contributed by atoms with Crippen molar-refractivity contribution < 1.29 is 0 Å². The minimum absolute atomic E-state index is 0.0733. The molecule has 0 bridgehead atoms. The molecule has 0 fully saturated rings. The number of hydrogen-bond acceptors (Lipinski definition) is 4. The zero-order valence-electron chi connectivity index (χ0n) is 13.7. The third kappa shape index (κ3) is 3.44. The molecule has 6 heteroatoms. The Balaban J connectivity index is 1.31. The average Bonchev–Trinajstić information content (AvgIpc) is 3.04. The molecule has 0 unspecified atom stereocenters. The van der Waals surface area contributed by atoms with E-state index < -0.39 is 0 Å². The molecule has 126 valence electrons. The summed E-state index contributed by atoms with van der Waals surface area (Å²) in [5.74, 6) is 1.66. The molecule has 0 saturated heterocycles. The molecule has 0 amide bonds. The first-order valence-corrected chi connectivity index (χ1v) is 8.42. The van der Waals surface area contributed by atoms with Crippen LogP contribution in [0.4, 0.5) is 0 Å². The van der Waals surface area contributed by atoms with Crippen LogP contribution < -0.4 is 10.9 Å². The Labute approximate surface area is 144 Å². The smallest absolute Gasteiger partial charge is 0.258 e. The van der Waals surface area contributed by atoms with Gasteiger partial charge < -0.3 is 15.3 Å². The van der Waals surface area contributed by atoms with E-state index in [0.717, 1.165) is 47.6 Å². The van der Waals surface area contributed by atoms with Crippen LogP contribution in [0.3, 0.4) is 0 Å². The maximum absolute atomic E-state index is 12.0. The number of aryl methyl sites for hydroxylation is 1. The quantitative estimate of drug-likeness (QED) is 0.473. The van der Waals surface area contributed by atoms with Gasteiger partial charge >= 0.3 is 0 Å². The molecule has 25 heavy (non-hydrogen) atoms. The molecule has 0 spiro atoms. The van der Waals surface area contributed by atoms with Gasteiger partial charge in [-0.2, -0.15) is 0 Å². The van der Waals surface area contributed by atoms with Crippen LogP contribution in [0.25, 0.3) is 21.9 Å². The molecule has 0 aliphatic rings. The first kappa shape index (κ1) is 15.5. The number of fused-ring (bicyclic) bond motifs is 2. The molecule has 2 heterocycles. The molecule has 0 saturated carbocycles. The van der Waals surface area contributed by atoms with Gasteiger partial charge in [0.2, 0.25) is 0 Å². The van der Waals surface area contributed by atoms with Gasteiger partial charge in [-0.05, 0) is 37.2 Å². The molecule has 2 aromatic carbocycles. The third-order valence-corrected chi connectivity index (χ3v) is 4.16. The fourth-order valence-electron chi connectivity index (χ4n) is 2.93. The van der Waals surface area contributed by atoms with Crippen molar-refractivity contribution >= 4 is 21.9 Å². The number of H-pyrrole nitrogens is 2. The second-order valence-electron chi connectivity index (χ2n) is 6.01. The van der Waals surface area contributed by atoms with Crippen LogP contribution in [-0.2, 0) is 13.0 Å². The van der Waals surface area contributed by atoms with E-state index in [2.05, 4.69) is 25.3 Å². The molecule has 4 rings (SSSR count). The van der Waals surface area contributed by atoms with Crippen molar-refractivity contribution in [3.8, 4) is 0 Å². The van der Waals surface area contributed by atoms with Crippen LogP contribution >= 0.6 is 0 Å². The Morgan fingerprint density at radius 2 is 1.64 bits per heavy atom. The fourth-order valence-corrected chi connectivity index (χ4v) is 2.93. The van der Waals surface area contributed by atoms with Gasteiger partial charge in [0.1, 0.15) is 11.6 Å². The van der Waals surface area contributed by atoms with Crippen molar-refractivity contribution in [2.24, 2.45) is 0 Å². The molecule has 0 aliphatic heterocycles.